The van der Waals surface area contributed by atoms with Crippen LogP contribution in [0.2, 0.25) is 0 Å². The molecule has 8 nitrogen and oxygen atoms in total. The fraction of sp³-hybridized carbons (Fsp3) is 0.0952. The van der Waals surface area contributed by atoms with Crippen molar-refractivity contribution in [2.24, 2.45) is 11.1 Å². The first-order chi connectivity index (χ1) is 14.1. The highest BCUT2D eigenvalue weighted by molar-refractivity contribution is 6.33. The van der Waals surface area contributed by atoms with Gasteiger partial charge < -0.3 is 4.84 Å². The molecule has 0 N–H and O–H groups in total. The average Bonchev–Trinajstić information content (AvgIpc) is 3.28. The zero-order valence-electron chi connectivity index (χ0n) is 14.9. The summed E-state index contributed by atoms with van der Waals surface area (Å²) >= 11 is 0. The first kappa shape index (κ1) is 17.1. The standard InChI is InChI=1S/C21H13N3O5/c25-20-17-18(13-8-10-14(11-9-13)24(27)28)22-29-19(17)21(26)23(20)16-7-3-5-12-4-1-2-6-15(12)16/h1-11,17,19H/t17-,19-/m1/s1. The molecule has 0 saturated carbocycles. The molecule has 5 rings (SSSR count). The number of imide groups is 1. The monoisotopic (exact) mass is 387 g/mol. The van der Waals surface area contributed by atoms with E-state index in [1.54, 1.807) is 12.1 Å². The normalized spacial score (nSPS) is 20.6. The maximum absolute atomic E-state index is 13.2. The third kappa shape index (κ3) is 2.49. The van der Waals surface area contributed by atoms with Gasteiger partial charge in [-0.1, -0.05) is 41.6 Å². The first-order valence-electron chi connectivity index (χ1n) is 8.90. The molecule has 29 heavy (non-hydrogen) atoms. The molecule has 2 atom stereocenters. The largest absolute Gasteiger partial charge is 0.381 e. The van der Waals surface area contributed by atoms with E-state index in [9.17, 15) is 19.7 Å². The molecule has 8 heteroatoms. The number of hydrogen-bond acceptors (Lipinski definition) is 6. The third-order valence-electron chi connectivity index (χ3n) is 5.19. The predicted molar refractivity (Wildman–Crippen MR) is 104 cm³/mol. The Morgan fingerprint density at radius 2 is 1.66 bits per heavy atom. The second-order valence-electron chi connectivity index (χ2n) is 6.79. The van der Waals surface area contributed by atoms with Crippen LogP contribution in [0.25, 0.3) is 10.8 Å². The van der Waals surface area contributed by atoms with Crippen molar-refractivity contribution in [3.05, 3.63) is 82.4 Å². The zero-order chi connectivity index (χ0) is 20.1. The number of oxime groups is 1. The maximum Gasteiger partial charge on any atom is 0.278 e. The number of rotatable bonds is 3. The summed E-state index contributed by atoms with van der Waals surface area (Å²) in [7, 11) is 0. The number of hydrogen-bond donors (Lipinski definition) is 0. The molecule has 3 aromatic carbocycles. The van der Waals surface area contributed by atoms with Crippen LogP contribution in [0.15, 0.2) is 71.9 Å². The Morgan fingerprint density at radius 3 is 2.41 bits per heavy atom. The minimum Gasteiger partial charge on any atom is -0.381 e. The Bertz CT molecular complexity index is 1210. The molecular weight excluding hydrogens is 374 g/mol. The molecule has 0 bridgehead atoms. The highest BCUT2D eigenvalue weighted by atomic mass is 16.7. The van der Waals surface area contributed by atoms with E-state index in [0.29, 0.717) is 17.0 Å². The van der Waals surface area contributed by atoms with E-state index in [1.807, 2.05) is 30.3 Å². The van der Waals surface area contributed by atoms with E-state index in [4.69, 9.17) is 4.84 Å². The van der Waals surface area contributed by atoms with Gasteiger partial charge in [0.15, 0.2) is 0 Å². The average molecular weight is 387 g/mol. The smallest absolute Gasteiger partial charge is 0.278 e. The highest BCUT2D eigenvalue weighted by Gasteiger charge is 2.56. The van der Waals surface area contributed by atoms with Crippen molar-refractivity contribution in [3.8, 4) is 0 Å². The number of amides is 2. The number of nitrogens with zero attached hydrogens (tertiary/aromatic N) is 3. The number of benzene rings is 3. The van der Waals surface area contributed by atoms with Crippen molar-refractivity contribution >= 4 is 39.7 Å². The van der Waals surface area contributed by atoms with E-state index in [2.05, 4.69) is 5.16 Å². The third-order valence-corrected chi connectivity index (χ3v) is 5.19. The summed E-state index contributed by atoms with van der Waals surface area (Å²) < 4.78 is 0. The summed E-state index contributed by atoms with van der Waals surface area (Å²) in [6.45, 7) is 0. The van der Waals surface area contributed by atoms with Crippen LogP contribution in [0.5, 0.6) is 0 Å². The SMILES string of the molecule is O=C1[C@@H]2C(c3ccc([N+](=O)[O-])cc3)=NO[C@H]2C(=O)N1c1cccc2ccccc12. The van der Waals surface area contributed by atoms with Gasteiger partial charge in [0.25, 0.3) is 11.6 Å². The van der Waals surface area contributed by atoms with Crippen molar-refractivity contribution in [2.45, 2.75) is 6.10 Å². The minimum atomic E-state index is -1.04. The van der Waals surface area contributed by atoms with Crippen molar-refractivity contribution in [2.75, 3.05) is 4.90 Å². The van der Waals surface area contributed by atoms with E-state index >= 15 is 0 Å². The second kappa shape index (κ2) is 6.23. The molecule has 0 unspecified atom stereocenters. The molecule has 2 aliphatic rings. The Labute approximate surface area is 164 Å². The number of nitro benzene ring substituents is 1. The van der Waals surface area contributed by atoms with Crippen LogP contribution in [0.1, 0.15) is 5.56 Å². The quantitative estimate of drug-likeness (QED) is 0.390. The number of nitro groups is 1. The van der Waals surface area contributed by atoms with Crippen molar-refractivity contribution < 1.29 is 19.3 Å². The first-order valence-corrected chi connectivity index (χ1v) is 8.90. The van der Waals surface area contributed by atoms with Crippen LogP contribution in [-0.2, 0) is 14.4 Å². The zero-order valence-corrected chi connectivity index (χ0v) is 14.9. The lowest BCUT2D eigenvalue weighted by Gasteiger charge is -2.17. The van der Waals surface area contributed by atoms with Gasteiger partial charge in [0.05, 0.1) is 10.6 Å². The number of carbonyl (C=O) groups is 2. The number of carbonyl (C=O) groups excluding carboxylic acids is 2. The molecule has 1 saturated heterocycles. The molecular formula is C21H13N3O5. The number of fused-ring (bicyclic) bond motifs is 2. The molecule has 1 fully saturated rings. The molecule has 0 radical (unpaired) electrons. The number of non-ortho nitro benzene ring substituents is 1. The van der Waals surface area contributed by atoms with Crippen LogP contribution in [0.3, 0.4) is 0 Å². The lowest BCUT2D eigenvalue weighted by atomic mass is 9.94. The Kier molecular flexibility index (Phi) is 3.67. The molecule has 142 valence electrons. The predicted octanol–water partition coefficient (Wildman–Crippen LogP) is 3.04. The van der Waals surface area contributed by atoms with E-state index in [1.165, 1.54) is 24.3 Å². The number of anilines is 1. The van der Waals surface area contributed by atoms with Crippen molar-refractivity contribution in [3.63, 3.8) is 0 Å². The molecule has 2 amide bonds. The molecule has 2 aliphatic heterocycles. The summed E-state index contributed by atoms with van der Waals surface area (Å²) in [5.74, 6) is -1.79. The van der Waals surface area contributed by atoms with Gasteiger partial charge in [0, 0.05) is 23.1 Å². The molecule has 2 heterocycles. The minimum absolute atomic E-state index is 0.0731. The molecule has 0 spiro atoms. The van der Waals surface area contributed by atoms with Crippen LogP contribution >= 0.6 is 0 Å². The highest BCUT2D eigenvalue weighted by Crippen LogP contribution is 2.38. The van der Waals surface area contributed by atoms with Gasteiger partial charge in [0.2, 0.25) is 12.0 Å². The van der Waals surface area contributed by atoms with Crippen molar-refractivity contribution in [1.82, 2.24) is 0 Å². The summed E-state index contributed by atoms with van der Waals surface area (Å²) in [6.07, 6.45) is -1.04. The molecule has 0 aromatic heterocycles. The Hall–Kier alpha value is -4.07. The van der Waals surface area contributed by atoms with Crippen molar-refractivity contribution in [1.29, 1.82) is 0 Å². The van der Waals surface area contributed by atoms with Gasteiger partial charge in [-0.25, -0.2) is 4.90 Å². The molecule has 0 aliphatic carbocycles. The molecule has 3 aromatic rings. The van der Waals surface area contributed by atoms with E-state index < -0.39 is 28.8 Å². The van der Waals surface area contributed by atoms with Gasteiger partial charge in [-0.15, -0.1) is 0 Å². The lowest BCUT2D eigenvalue weighted by molar-refractivity contribution is -0.384. The van der Waals surface area contributed by atoms with Crippen LogP contribution in [-0.4, -0.2) is 28.6 Å². The summed E-state index contributed by atoms with van der Waals surface area (Å²) in [4.78, 5) is 43.0. The summed E-state index contributed by atoms with van der Waals surface area (Å²) in [6, 6.07) is 18.6. The van der Waals surface area contributed by atoms with Gasteiger partial charge in [-0.05, 0) is 23.6 Å². The Morgan fingerprint density at radius 1 is 0.931 bits per heavy atom. The van der Waals surface area contributed by atoms with Crippen LogP contribution < -0.4 is 4.90 Å². The second-order valence-corrected chi connectivity index (χ2v) is 6.79. The van der Waals surface area contributed by atoms with Gasteiger partial charge in [-0.3, -0.25) is 19.7 Å². The summed E-state index contributed by atoms with van der Waals surface area (Å²) in [5.41, 5.74) is 1.23. The van der Waals surface area contributed by atoms with Crippen LogP contribution in [0.4, 0.5) is 11.4 Å². The lowest BCUT2D eigenvalue weighted by Crippen LogP contribution is -2.33. The fourth-order valence-electron chi connectivity index (χ4n) is 3.81. The van der Waals surface area contributed by atoms with Crippen LogP contribution in [0, 0.1) is 16.0 Å². The topological polar surface area (TPSA) is 102 Å². The summed E-state index contributed by atoms with van der Waals surface area (Å²) in [5, 5.41) is 16.5. The van der Waals surface area contributed by atoms with E-state index in [-0.39, 0.29) is 5.69 Å². The van der Waals surface area contributed by atoms with E-state index in [0.717, 1.165) is 15.7 Å². The van der Waals surface area contributed by atoms with Gasteiger partial charge >= 0.3 is 0 Å². The van der Waals surface area contributed by atoms with Gasteiger partial charge in [-0.2, -0.15) is 0 Å². The maximum atomic E-state index is 13.2. The Balaban J connectivity index is 1.54. The van der Waals surface area contributed by atoms with Gasteiger partial charge in [0.1, 0.15) is 11.6 Å². The fourth-order valence-corrected chi connectivity index (χ4v) is 3.81.